The summed E-state index contributed by atoms with van der Waals surface area (Å²) in [7, 11) is 1.64. The average Bonchev–Trinajstić information content (AvgIpc) is 2.89. The van der Waals surface area contributed by atoms with Gasteiger partial charge < -0.3 is 10.4 Å². The molecule has 0 aliphatic heterocycles. The fraction of sp³-hybridized carbons (Fsp3) is 0.0741. The molecule has 0 fully saturated rings. The number of nitrogens with one attached hydrogen (secondary N) is 1. The third kappa shape index (κ3) is 4.56. The molecular formula is C27H20N4O4S. The number of carbonyl (C=O) groups is 2. The Morgan fingerprint density at radius 3 is 2.25 bits per heavy atom. The molecule has 0 saturated carbocycles. The number of hydrogen-bond acceptors (Lipinski definition) is 6. The largest absolute Gasteiger partial charge is 0.478 e. The highest BCUT2D eigenvalue weighted by Gasteiger charge is 2.14. The summed E-state index contributed by atoms with van der Waals surface area (Å²) in [5.41, 5.74) is 3.05. The molecule has 2 N–H and O–H groups in total. The zero-order chi connectivity index (χ0) is 25.2. The Hall–Kier alpha value is -4.50. The minimum Gasteiger partial charge on any atom is -0.478 e. The van der Waals surface area contributed by atoms with Crippen LogP contribution in [-0.2, 0) is 11.8 Å². The first-order chi connectivity index (χ1) is 17.4. The summed E-state index contributed by atoms with van der Waals surface area (Å²) in [5.74, 6) is -1.18. The van der Waals surface area contributed by atoms with Crippen LogP contribution in [0, 0.1) is 0 Å². The first-order valence-electron chi connectivity index (χ1n) is 11.0. The Kier molecular flexibility index (Phi) is 6.22. The molecule has 0 bridgehead atoms. The maximum absolute atomic E-state index is 12.5. The lowest BCUT2D eigenvalue weighted by Crippen LogP contribution is -2.21. The van der Waals surface area contributed by atoms with Crippen LogP contribution >= 0.6 is 11.8 Å². The highest BCUT2D eigenvalue weighted by atomic mass is 32.2. The first kappa shape index (κ1) is 23.3. The topological polar surface area (TPSA) is 114 Å². The van der Waals surface area contributed by atoms with Crippen molar-refractivity contribution in [1.82, 2.24) is 14.5 Å². The van der Waals surface area contributed by atoms with Crippen molar-refractivity contribution in [3.8, 4) is 11.3 Å². The monoisotopic (exact) mass is 496 g/mol. The smallest absolute Gasteiger partial charge is 0.336 e. The molecule has 0 atom stereocenters. The Bertz CT molecular complexity index is 1700. The zero-order valence-electron chi connectivity index (χ0n) is 19.1. The van der Waals surface area contributed by atoms with Gasteiger partial charge in [0.15, 0.2) is 5.16 Å². The number of thioether (sulfide) groups is 1. The van der Waals surface area contributed by atoms with E-state index >= 15 is 0 Å². The Morgan fingerprint density at radius 2 is 1.56 bits per heavy atom. The van der Waals surface area contributed by atoms with Gasteiger partial charge in [-0.2, -0.15) is 0 Å². The number of nitrogens with zero attached hydrogens (tertiary/aromatic N) is 3. The predicted octanol–water partition coefficient (Wildman–Crippen LogP) is 4.58. The van der Waals surface area contributed by atoms with Crippen molar-refractivity contribution >= 4 is 51.1 Å². The van der Waals surface area contributed by atoms with Crippen molar-refractivity contribution in [3.05, 3.63) is 94.8 Å². The van der Waals surface area contributed by atoms with Crippen LogP contribution < -0.4 is 10.9 Å². The molecule has 0 aliphatic rings. The maximum Gasteiger partial charge on any atom is 0.336 e. The van der Waals surface area contributed by atoms with Crippen molar-refractivity contribution in [2.24, 2.45) is 7.05 Å². The molecule has 5 aromatic rings. The van der Waals surface area contributed by atoms with E-state index in [0.29, 0.717) is 38.3 Å². The number of aromatic carboxylic acids is 1. The van der Waals surface area contributed by atoms with E-state index in [0.717, 1.165) is 5.56 Å². The van der Waals surface area contributed by atoms with Crippen LogP contribution in [0.2, 0.25) is 0 Å². The summed E-state index contributed by atoms with van der Waals surface area (Å²) in [6.45, 7) is 0. The summed E-state index contributed by atoms with van der Waals surface area (Å²) in [5, 5.41) is 14.0. The number of pyridine rings is 1. The molecule has 9 heteroatoms. The predicted molar refractivity (Wildman–Crippen MR) is 140 cm³/mol. The molecule has 0 radical (unpaired) electrons. The summed E-state index contributed by atoms with van der Waals surface area (Å²) in [6.07, 6.45) is 0. The van der Waals surface area contributed by atoms with Gasteiger partial charge in [-0.05, 0) is 36.4 Å². The van der Waals surface area contributed by atoms with Crippen molar-refractivity contribution < 1.29 is 14.7 Å². The summed E-state index contributed by atoms with van der Waals surface area (Å²) in [4.78, 5) is 45.9. The molecule has 8 nitrogen and oxygen atoms in total. The lowest BCUT2D eigenvalue weighted by atomic mass is 10.0. The van der Waals surface area contributed by atoms with E-state index in [1.807, 2.05) is 12.1 Å². The van der Waals surface area contributed by atoms with E-state index in [1.165, 1.54) is 16.3 Å². The summed E-state index contributed by atoms with van der Waals surface area (Å²) < 4.78 is 1.44. The van der Waals surface area contributed by atoms with E-state index in [4.69, 9.17) is 0 Å². The van der Waals surface area contributed by atoms with E-state index in [9.17, 15) is 19.5 Å². The number of carboxylic acids is 1. The second-order valence-corrected chi connectivity index (χ2v) is 9.01. The molecule has 0 saturated heterocycles. The molecule has 0 unspecified atom stereocenters. The molecule has 0 aliphatic carbocycles. The fourth-order valence-corrected chi connectivity index (χ4v) is 4.65. The van der Waals surface area contributed by atoms with Crippen LogP contribution in [0.1, 0.15) is 10.4 Å². The average molecular weight is 497 g/mol. The number of carboxylic acid groups (broad SMARTS) is 1. The van der Waals surface area contributed by atoms with Crippen molar-refractivity contribution in [1.29, 1.82) is 0 Å². The van der Waals surface area contributed by atoms with Gasteiger partial charge in [-0.1, -0.05) is 54.2 Å². The van der Waals surface area contributed by atoms with E-state index in [1.54, 1.807) is 73.8 Å². The second-order valence-electron chi connectivity index (χ2n) is 8.07. The minimum absolute atomic E-state index is 0.0779. The van der Waals surface area contributed by atoms with Crippen molar-refractivity contribution in [2.45, 2.75) is 5.16 Å². The SMILES string of the molecule is Cn1c(SCC(=O)Nc2ccc(-c3cc(C(=O)O)c4ccccc4n3)cc2)nc2ccccc2c1=O. The van der Waals surface area contributed by atoms with Crippen LogP contribution in [0.5, 0.6) is 0 Å². The zero-order valence-corrected chi connectivity index (χ0v) is 20.0. The fourth-order valence-electron chi connectivity index (χ4n) is 3.88. The van der Waals surface area contributed by atoms with Gasteiger partial charge in [-0.15, -0.1) is 0 Å². The van der Waals surface area contributed by atoms with Gasteiger partial charge in [0.05, 0.1) is 33.4 Å². The summed E-state index contributed by atoms with van der Waals surface area (Å²) in [6, 6.07) is 22.8. The van der Waals surface area contributed by atoms with Crippen LogP contribution in [0.25, 0.3) is 33.1 Å². The van der Waals surface area contributed by atoms with Gasteiger partial charge >= 0.3 is 5.97 Å². The molecule has 2 aromatic heterocycles. The van der Waals surface area contributed by atoms with Crippen LogP contribution in [0.4, 0.5) is 5.69 Å². The molecule has 2 heterocycles. The third-order valence-corrected chi connectivity index (χ3v) is 6.72. The maximum atomic E-state index is 12.5. The normalized spacial score (nSPS) is 11.0. The highest BCUT2D eigenvalue weighted by Crippen LogP contribution is 2.26. The molecule has 0 spiro atoms. The van der Waals surface area contributed by atoms with Crippen molar-refractivity contribution in [3.63, 3.8) is 0 Å². The number of fused-ring (bicyclic) bond motifs is 2. The van der Waals surface area contributed by atoms with E-state index in [2.05, 4.69) is 15.3 Å². The van der Waals surface area contributed by atoms with E-state index < -0.39 is 5.97 Å². The van der Waals surface area contributed by atoms with Gasteiger partial charge in [0.2, 0.25) is 5.91 Å². The highest BCUT2D eigenvalue weighted by molar-refractivity contribution is 7.99. The number of carbonyl (C=O) groups excluding carboxylic acids is 1. The molecular weight excluding hydrogens is 476 g/mol. The number of rotatable bonds is 6. The molecule has 5 rings (SSSR count). The molecule has 36 heavy (non-hydrogen) atoms. The molecule has 1 amide bonds. The number of hydrogen-bond donors (Lipinski definition) is 2. The third-order valence-electron chi connectivity index (χ3n) is 5.69. The quantitative estimate of drug-likeness (QED) is 0.261. The number of amides is 1. The van der Waals surface area contributed by atoms with Gasteiger partial charge in [-0.25, -0.2) is 14.8 Å². The minimum atomic E-state index is -1.02. The lowest BCUT2D eigenvalue weighted by Gasteiger charge is -2.10. The van der Waals surface area contributed by atoms with Gasteiger partial charge in [-0.3, -0.25) is 14.2 Å². The Labute approximate surface area is 209 Å². The molecule has 3 aromatic carbocycles. The van der Waals surface area contributed by atoms with Crippen LogP contribution in [0.15, 0.2) is 88.8 Å². The number of anilines is 1. The van der Waals surface area contributed by atoms with Crippen molar-refractivity contribution in [2.75, 3.05) is 11.1 Å². The lowest BCUT2D eigenvalue weighted by molar-refractivity contribution is -0.113. The van der Waals surface area contributed by atoms with Crippen LogP contribution in [0.3, 0.4) is 0 Å². The number of benzene rings is 3. The summed E-state index contributed by atoms with van der Waals surface area (Å²) >= 11 is 1.18. The van der Waals surface area contributed by atoms with E-state index in [-0.39, 0.29) is 22.8 Å². The Balaban J connectivity index is 1.30. The number of aromatic nitrogens is 3. The molecule has 178 valence electrons. The first-order valence-corrected chi connectivity index (χ1v) is 12.0. The van der Waals surface area contributed by atoms with Gasteiger partial charge in [0.1, 0.15) is 0 Å². The Morgan fingerprint density at radius 1 is 0.917 bits per heavy atom. The number of para-hydroxylation sites is 2. The van der Waals surface area contributed by atoms with Gasteiger partial charge in [0, 0.05) is 23.7 Å². The van der Waals surface area contributed by atoms with Crippen LogP contribution in [-0.4, -0.2) is 37.3 Å². The standard InChI is InChI=1S/C27H20N4O4S/c1-31-25(33)19-7-3-5-9-22(19)30-27(31)36-15-24(32)28-17-12-10-16(11-13-17)23-14-20(26(34)35)18-6-2-4-8-21(18)29-23/h2-14H,15H2,1H3,(H,28,32)(H,34,35). The van der Waals surface area contributed by atoms with Gasteiger partial charge in [0.25, 0.3) is 5.56 Å². The second kappa shape index (κ2) is 9.63.